The van der Waals surface area contributed by atoms with E-state index in [9.17, 15) is 14.4 Å². The molecule has 0 unspecified atom stereocenters. The topological polar surface area (TPSA) is 88.6 Å². The lowest BCUT2D eigenvalue weighted by Gasteiger charge is -2.17. The van der Waals surface area contributed by atoms with Crippen LogP contribution in [0.25, 0.3) is 10.2 Å². The van der Waals surface area contributed by atoms with Crippen LogP contribution in [0.15, 0.2) is 59.0 Å². The number of methoxy groups -OCH3 is 1. The maximum atomic E-state index is 13.1. The minimum absolute atomic E-state index is 0.0829. The van der Waals surface area contributed by atoms with Crippen molar-refractivity contribution in [3.63, 3.8) is 0 Å². The number of carbonyl (C=O) groups is 3. The minimum Gasteiger partial charge on any atom is -0.497 e. The van der Waals surface area contributed by atoms with Gasteiger partial charge >= 0.3 is 0 Å². The number of hydrogen-bond donors (Lipinski definition) is 1. The van der Waals surface area contributed by atoms with Crippen molar-refractivity contribution in [2.75, 3.05) is 23.1 Å². The first-order valence-electron chi connectivity index (χ1n) is 11.1. The number of ether oxygens (including phenoxy) is 1. The largest absolute Gasteiger partial charge is 0.497 e. The van der Waals surface area contributed by atoms with Gasteiger partial charge in [0.15, 0.2) is 4.34 Å². The number of nitrogens with zero attached hydrogens (tertiary/aromatic N) is 2. The molecule has 3 amide bonds. The second kappa shape index (κ2) is 8.25. The van der Waals surface area contributed by atoms with Crippen molar-refractivity contribution in [2.24, 2.45) is 23.7 Å². The molecule has 34 heavy (non-hydrogen) atoms. The highest BCUT2D eigenvalue weighted by atomic mass is 32.2. The van der Waals surface area contributed by atoms with Gasteiger partial charge in [-0.3, -0.25) is 14.4 Å². The van der Waals surface area contributed by atoms with Crippen LogP contribution in [0, 0.1) is 23.7 Å². The van der Waals surface area contributed by atoms with Crippen molar-refractivity contribution in [3.8, 4) is 5.75 Å². The van der Waals surface area contributed by atoms with Gasteiger partial charge in [0.05, 0.1) is 40.6 Å². The Bertz CT molecular complexity index is 1320. The van der Waals surface area contributed by atoms with E-state index >= 15 is 0 Å². The number of carbonyl (C=O) groups excluding carboxylic acids is 3. The lowest BCUT2D eigenvalue weighted by molar-refractivity contribution is -0.123. The zero-order chi connectivity index (χ0) is 23.4. The number of fused-ring (bicyclic) bond motifs is 6. The van der Waals surface area contributed by atoms with Gasteiger partial charge in [0.2, 0.25) is 17.7 Å². The minimum atomic E-state index is -0.213. The number of benzene rings is 2. The van der Waals surface area contributed by atoms with Crippen molar-refractivity contribution in [3.05, 3.63) is 54.6 Å². The van der Waals surface area contributed by atoms with E-state index in [0.29, 0.717) is 11.4 Å². The first-order valence-corrected chi connectivity index (χ1v) is 12.9. The Labute approximate surface area is 204 Å². The van der Waals surface area contributed by atoms with Crippen LogP contribution in [0.4, 0.5) is 11.4 Å². The fraction of sp³-hybridized carbons (Fsp3) is 0.280. The molecule has 0 radical (unpaired) electrons. The summed E-state index contributed by atoms with van der Waals surface area (Å²) >= 11 is 2.81. The standard InChI is InChI=1S/C25H21N3O4S2/c1-32-17-7-4-15(5-8-17)26-20(29)12-33-25-27-18-9-6-16(11-19(18)34-25)28-23(30)21-13-2-3-14(10-13)22(21)24(28)31/h2-9,11,13-14,21-22H,10,12H2,1H3,(H,26,29)/t13-,14-,21-,22+/m0/s1. The molecule has 1 aromatic heterocycles. The lowest BCUT2D eigenvalue weighted by atomic mass is 9.85. The number of anilines is 2. The lowest BCUT2D eigenvalue weighted by Crippen LogP contribution is -2.32. The van der Waals surface area contributed by atoms with Gasteiger partial charge in [-0.05, 0) is 60.7 Å². The number of imide groups is 1. The summed E-state index contributed by atoms with van der Waals surface area (Å²) in [7, 11) is 1.60. The molecule has 2 aromatic carbocycles. The Morgan fingerprint density at radius 2 is 1.82 bits per heavy atom. The molecule has 2 aliphatic carbocycles. The van der Waals surface area contributed by atoms with E-state index < -0.39 is 0 Å². The Morgan fingerprint density at radius 3 is 2.50 bits per heavy atom. The number of amides is 3. The monoisotopic (exact) mass is 491 g/mol. The average Bonchev–Trinajstić information content (AvgIpc) is 3.60. The van der Waals surface area contributed by atoms with Crippen LogP contribution in [0.3, 0.4) is 0 Å². The number of thioether (sulfide) groups is 1. The zero-order valence-electron chi connectivity index (χ0n) is 18.3. The maximum absolute atomic E-state index is 13.1. The third-order valence-corrected chi connectivity index (χ3v) is 8.94. The molecule has 3 aromatic rings. The summed E-state index contributed by atoms with van der Waals surface area (Å²) in [6.07, 6.45) is 5.11. The summed E-state index contributed by atoms with van der Waals surface area (Å²) in [4.78, 5) is 44.5. The molecule has 7 nitrogen and oxygen atoms in total. The summed E-state index contributed by atoms with van der Waals surface area (Å²) in [6.45, 7) is 0. The third-order valence-electron chi connectivity index (χ3n) is 6.78. The molecule has 1 saturated heterocycles. The van der Waals surface area contributed by atoms with Crippen molar-refractivity contribution in [2.45, 2.75) is 10.8 Å². The van der Waals surface area contributed by atoms with Crippen LogP contribution in [0.5, 0.6) is 5.75 Å². The van der Waals surface area contributed by atoms with Crippen molar-refractivity contribution < 1.29 is 19.1 Å². The number of rotatable bonds is 6. The summed E-state index contributed by atoms with van der Waals surface area (Å²) in [6, 6.07) is 12.6. The molecule has 1 saturated carbocycles. The Morgan fingerprint density at radius 1 is 1.12 bits per heavy atom. The Hall–Kier alpha value is -3.17. The molecule has 1 N–H and O–H groups in total. The smallest absolute Gasteiger partial charge is 0.238 e. The number of thiazole rings is 1. The summed E-state index contributed by atoms with van der Waals surface area (Å²) in [5.74, 6) is 0.613. The molecule has 2 heterocycles. The molecule has 4 atom stereocenters. The van der Waals surface area contributed by atoms with Crippen LogP contribution < -0.4 is 15.0 Å². The molecule has 3 aliphatic rings. The van der Waals surface area contributed by atoms with E-state index in [1.165, 1.54) is 28.0 Å². The predicted molar refractivity (Wildman–Crippen MR) is 132 cm³/mol. The molecular weight excluding hydrogens is 470 g/mol. The van der Waals surface area contributed by atoms with Crippen LogP contribution in [-0.2, 0) is 14.4 Å². The highest BCUT2D eigenvalue weighted by Crippen LogP contribution is 2.53. The first kappa shape index (κ1) is 21.4. The van der Waals surface area contributed by atoms with Crippen LogP contribution in [-0.4, -0.2) is 35.6 Å². The van der Waals surface area contributed by atoms with Gasteiger partial charge in [-0.2, -0.15) is 0 Å². The number of aromatic nitrogens is 1. The van der Waals surface area contributed by atoms with Crippen molar-refractivity contribution in [1.29, 1.82) is 0 Å². The van der Waals surface area contributed by atoms with Gasteiger partial charge in [-0.15, -0.1) is 11.3 Å². The summed E-state index contributed by atoms with van der Waals surface area (Å²) in [5, 5.41) is 2.86. The number of nitrogens with one attached hydrogen (secondary N) is 1. The van der Waals surface area contributed by atoms with Crippen LogP contribution >= 0.6 is 23.1 Å². The van der Waals surface area contributed by atoms with Crippen molar-refractivity contribution >= 4 is 62.4 Å². The van der Waals surface area contributed by atoms with Gasteiger partial charge < -0.3 is 10.1 Å². The van der Waals surface area contributed by atoms with E-state index in [4.69, 9.17) is 4.74 Å². The SMILES string of the molecule is COc1ccc(NC(=O)CSc2nc3ccc(N4C(=O)[C@@H]5[C@H](C4=O)[C@H]4C=C[C@H]5C4)cc3s2)cc1. The fourth-order valence-electron chi connectivity index (χ4n) is 5.25. The van der Waals surface area contributed by atoms with E-state index in [0.717, 1.165) is 26.7 Å². The molecule has 2 fully saturated rings. The van der Waals surface area contributed by atoms with Crippen LogP contribution in [0.1, 0.15) is 6.42 Å². The number of allylic oxidation sites excluding steroid dienone is 2. The molecule has 1 aliphatic heterocycles. The third kappa shape index (κ3) is 3.50. The van der Waals surface area contributed by atoms with Crippen LogP contribution in [0.2, 0.25) is 0 Å². The van der Waals surface area contributed by atoms with Gasteiger partial charge in [0.25, 0.3) is 0 Å². The Kier molecular flexibility index (Phi) is 5.18. The van der Waals surface area contributed by atoms with Gasteiger partial charge in [0.1, 0.15) is 5.75 Å². The maximum Gasteiger partial charge on any atom is 0.238 e. The summed E-state index contributed by atoms with van der Waals surface area (Å²) in [5.41, 5.74) is 2.09. The first-order chi connectivity index (χ1) is 16.5. The normalized spacial score (nSPS) is 24.8. The second-order valence-electron chi connectivity index (χ2n) is 8.71. The van der Waals surface area contributed by atoms with E-state index in [1.54, 1.807) is 37.4 Å². The molecule has 0 spiro atoms. The van der Waals surface area contributed by atoms with E-state index in [-0.39, 0.29) is 47.1 Å². The summed E-state index contributed by atoms with van der Waals surface area (Å²) < 4.78 is 6.77. The average molecular weight is 492 g/mol. The van der Waals surface area contributed by atoms with E-state index in [2.05, 4.69) is 22.5 Å². The van der Waals surface area contributed by atoms with Crippen molar-refractivity contribution in [1.82, 2.24) is 4.98 Å². The highest BCUT2D eigenvalue weighted by Gasteiger charge is 2.59. The molecule has 172 valence electrons. The zero-order valence-corrected chi connectivity index (χ0v) is 19.9. The molecule has 6 rings (SSSR count). The number of hydrogen-bond acceptors (Lipinski definition) is 7. The van der Waals surface area contributed by atoms with Gasteiger partial charge in [0, 0.05) is 5.69 Å². The quantitative estimate of drug-likeness (QED) is 0.313. The highest BCUT2D eigenvalue weighted by molar-refractivity contribution is 8.01. The van der Waals surface area contributed by atoms with Gasteiger partial charge in [-0.25, -0.2) is 9.88 Å². The predicted octanol–water partition coefficient (Wildman–Crippen LogP) is 4.35. The molecule has 9 heteroatoms. The second-order valence-corrected chi connectivity index (χ2v) is 11.0. The Balaban J connectivity index is 1.14. The van der Waals surface area contributed by atoms with E-state index in [1.807, 2.05) is 12.1 Å². The molecular formula is C25H21N3O4S2. The van der Waals surface area contributed by atoms with Gasteiger partial charge in [-0.1, -0.05) is 23.9 Å². The molecule has 2 bridgehead atoms. The fourth-order valence-corrected chi connectivity index (χ4v) is 7.15.